The second-order valence-electron chi connectivity index (χ2n) is 6.81. The first kappa shape index (κ1) is 13.4. The Kier molecular flexibility index (Phi) is 2.95. The van der Waals surface area contributed by atoms with E-state index in [1.807, 2.05) is 6.07 Å². The molecule has 0 saturated heterocycles. The monoisotopic (exact) mass is 289 g/mol. The number of benzene rings is 1. The fraction of sp³-hybridized carbons (Fsp3) is 0.647. The molecule has 4 rings (SSSR count). The van der Waals surface area contributed by atoms with Gasteiger partial charge in [0.15, 0.2) is 11.5 Å². The van der Waals surface area contributed by atoms with Gasteiger partial charge in [0, 0.05) is 23.9 Å². The Labute approximate surface area is 125 Å². The summed E-state index contributed by atoms with van der Waals surface area (Å²) in [4.78, 5) is 2.39. The van der Waals surface area contributed by atoms with Crippen molar-refractivity contribution in [2.75, 3.05) is 20.7 Å². The molecule has 21 heavy (non-hydrogen) atoms. The van der Waals surface area contributed by atoms with Crippen LogP contribution in [-0.4, -0.2) is 42.9 Å². The standard InChI is InChI=1S/C17H23NO3/c1-18-8-7-17-6-5-12(19)9-14(17)21-16-13(20-2)4-3-11(10-18)15(16)17/h3-4,12,14,19H,5-10H2,1-2H3/t12?,14?,17-/m0/s1. The van der Waals surface area contributed by atoms with Crippen molar-refractivity contribution in [1.29, 1.82) is 0 Å². The van der Waals surface area contributed by atoms with Crippen LogP contribution < -0.4 is 9.47 Å². The maximum Gasteiger partial charge on any atom is 0.165 e. The zero-order valence-corrected chi connectivity index (χ0v) is 12.8. The Morgan fingerprint density at radius 1 is 1.38 bits per heavy atom. The first-order chi connectivity index (χ1) is 10.1. The molecule has 2 unspecified atom stereocenters. The number of ether oxygens (including phenoxy) is 2. The van der Waals surface area contributed by atoms with Crippen molar-refractivity contribution in [3.8, 4) is 11.5 Å². The lowest BCUT2D eigenvalue weighted by Crippen LogP contribution is -2.45. The Hall–Kier alpha value is -1.26. The molecule has 1 N–H and O–H groups in total. The molecule has 1 fully saturated rings. The van der Waals surface area contributed by atoms with Gasteiger partial charge >= 0.3 is 0 Å². The number of hydrogen-bond donors (Lipinski definition) is 1. The van der Waals surface area contributed by atoms with E-state index in [0.717, 1.165) is 50.3 Å². The Bertz CT molecular complexity index is 573. The van der Waals surface area contributed by atoms with Crippen molar-refractivity contribution in [3.05, 3.63) is 23.3 Å². The molecule has 1 spiro atoms. The molecular formula is C17H23NO3. The summed E-state index contributed by atoms with van der Waals surface area (Å²) in [6.45, 7) is 2.04. The first-order valence-corrected chi connectivity index (χ1v) is 7.87. The summed E-state index contributed by atoms with van der Waals surface area (Å²) in [7, 11) is 3.88. The molecule has 0 radical (unpaired) electrons. The van der Waals surface area contributed by atoms with Crippen LogP contribution in [-0.2, 0) is 12.0 Å². The van der Waals surface area contributed by atoms with Crippen LogP contribution in [0.4, 0.5) is 0 Å². The van der Waals surface area contributed by atoms with E-state index in [9.17, 15) is 5.11 Å². The predicted octanol–water partition coefficient (Wildman–Crippen LogP) is 2.07. The van der Waals surface area contributed by atoms with Gasteiger partial charge in [0.25, 0.3) is 0 Å². The molecule has 4 heteroatoms. The zero-order chi connectivity index (χ0) is 14.6. The summed E-state index contributed by atoms with van der Waals surface area (Å²) >= 11 is 0. The van der Waals surface area contributed by atoms with E-state index >= 15 is 0 Å². The molecule has 1 aliphatic carbocycles. The maximum atomic E-state index is 10.1. The Balaban J connectivity index is 1.90. The Morgan fingerprint density at radius 2 is 2.24 bits per heavy atom. The summed E-state index contributed by atoms with van der Waals surface area (Å²) in [6.07, 6.45) is 3.59. The van der Waals surface area contributed by atoms with Crippen LogP contribution in [0.5, 0.6) is 11.5 Å². The topological polar surface area (TPSA) is 41.9 Å². The first-order valence-electron chi connectivity index (χ1n) is 7.87. The number of methoxy groups -OCH3 is 1. The van der Waals surface area contributed by atoms with E-state index in [0.29, 0.717) is 0 Å². The van der Waals surface area contributed by atoms with Gasteiger partial charge in [-0.25, -0.2) is 0 Å². The highest BCUT2D eigenvalue weighted by Crippen LogP contribution is 2.57. The lowest BCUT2D eigenvalue weighted by atomic mass is 9.65. The fourth-order valence-corrected chi connectivity index (χ4v) is 4.50. The van der Waals surface area contributed by atoms with Crippen molar-refractivity contribution < 1.29 is 14.6 Å². The molecule has 1 aromatic carbocycles. The summed E-state index contributed by atoms with van der Waals surface area (Å²) in [5, 5.41) is 10.1. The minimum absolute atomic E-state index is 0.0726. The lowest BCUT2D eigenvalue weighted by molar-refractivity contribution is 0.0120. The van der Waals surface area contributed by atoms with E-state index in [2.05, 4.69) is 18.0 Å². The van der Waals surface area contributed by atoms with Gasteiger partial charge in [-0.05, 0) is 44.5 Å². The number of aliphatic hydroxyl groups excluding tert-OH is 1. The third-order valence-corrected chi connectivity index (χ3v) is 5.59. The molecule has 114 valence electrons. The summed E-state index contributed by atoms with van der Waals surface area (Å²) < 4.78 is 11.8. The van der Waals surface area contributed by atoms with Crippen molar-refractivity contribution in [1.82, 2.24) is 4.90 Å². The van der Waals surface area contributed by atoms with Gasteiger partial charge in [0.1, 0.15) is 6.10 Å². The van der Waals surface area contributed by atoms with Gasteiger partial charge in [-0.1, -0.05) is 6.07 Å². The second kappa shape index (κ2) is 4.62. The number of nitrogens with zero attached hydrogens (tertiary/aromatic N) is 1. The normalized spacial score (nSPS) is 34.6. The Morgan fingerprint density at radius 3 is 3.05 bits per heavy atom. The van der Waals surface area contributed by atoms with Gasteiger partial charge < -0.3 is 19.5 Å². The highest BCUT2D eigenvalue weighted by molar-refractivity contribution is 5.58. The molecule has 0 bridgehead atoms. The molecular weight excluding hydrogens is 266 g/mol. The molecule has 0 amide bonds. The van der Waals surface area contributed by atoms with E-state index in [4.69, 9.17) is 9.47 Å². The average Bonchev–Trinajstić information content (AvgIpc) is 2.72. The number of hydrogen-bond acceptors (Lipinski definition) is 4. The van der Waals surface area contributed by atoms with Gasteiger partial charge in [0.05, 0.1) is 13.2 Å². The van der Waals surface area contributed by atoms with Gasteiger partial charge in [-0.2, -0.15) is 0 Å². The quantitative estimate of drug-likeness (QED) is 0.859. The SMILES string of the molecule is COc1ccc2c3c1OC1CC(O)CC[C@@]31CCN(C)C2. The minimum atomic E-state index is -0.231. The molecule has 1 aromatic rings. The highest BCUT2D eigenvalue weighted by Gasteiger charge is 2.54. The molecule has 3 atom stereocenters. The van der Waals surface area contributed by atoms with Crippen LogP contribution in [0.3, 0.4) is 0 Å². The van der Waals surface area contributed by atoms with E-state index in [1.165, 1.54) is 11.1 Å². The molecule has 3 aliphatic rings. The molecule has 1 saturated carbocycles. The third kappa shape index (κ3) is 1.82. The summed E-state index contributed by atoms with van der Waals surface area (Å²) in [5.74, 6) is 1.77. The van der Waals surface area contributed by atoms with Crippen molar-refractivity contribution in [2.24, 2.45) is 0 Å². The second-order valence-corrected chi connectivity index (χ2v) is 6.81. The minimum Gasteiger partial charge on any atom is -0.493 e. The lowest BCUT2D eigenvalue weighted by Gasteiger charge is -2.40. The van der Waals surface area contributed by atoms with Crippen molar-refractivity contribution in [2.45, 2.75) is 49.9 Å². The van der Waals surface area contributed by atoms with E-state index in [1.54, 1.807) is 7.11 Å². The van der Waals surface area contributed by atoms with E-state index < -0.39 is 0 Å². The highest BCUT2D eigenvalue weighted by atomic mass is 16.5. The number of aliphatic hydroxyl groups is 1. The molecule has 4 nitrogen and oxygen atoms in total. The van der Waals surface area contributed by atoms with Crippen LogP contribution in [0.2, 0.25) is 0 Å². The smallest absolute Gasteiger partial charge is 0.165 e. The summed E-state index contributed by atoms with van der Waals surface area (Å²) in [6, 6.07) is 4.22. The summed E-state index contributed by atoms with van der Waals surface area (Å²) in [5.41, 5.74) is 2.80. The molecule has 0 aromatic heterocycles. The van der Waals surface area contributed by atoms with Crippen molar-refractivity contribution in [3.63, 3.8) is 0 Å². The van der Waals surface area contributed by atoms with Crippen LogP contribution in [0.1, 0.15) is 36.8 Å². The largest absolute Gasteiger partial charge is 0.493 e. The van der Waals surface area contributed by atoms with Crippen LogP contribution >= 0.6 is 0 Å². The van der Waals surface area contributed by atoms with Crippen molar-refractivity contribution >= 4 is 0 Å². The predicted molar refractivity (Wildman–Crippen MR) is 79.9 cm³/mol. The zero-order valence-electron chi connectivity index (χ0n) is 12.8. The molecule has 2 heterocycles. The van der Waals surface area contributed by atoms with Crippen LogP contribution in [0.15, 0.2) is 12.1 Å². The third-order valence-electron chi connectivity index (χ3n) is 5.59. The maximum absolute atomic E-state index is 10.1. The average molecular weight is 289 g/mol. The molecule has 2 aliphatic heterocycles. The van der Waals surface area contributed by atoms with Gasteiger partial charge in [-0.3, -0.25) is 0 Å². The van der Waals surface area contributed by atoms with E-state index in [-0.39, 0.29) is 17.6 Å². The van der Waals surface area contributed by atoms with Crippen LogP contribution in [0.25, 0.3) is 0 Å². The fourth-order valence-electron chi connectivity index (χ4n) is 4.50. The van der Waals surface area contributed by atoms with Gasteiger partial charge in [-0.15, -0.1) is 0 Å². The van der Waals surface area contributed by atoms with Gasteiger partial charge in [0.2, 0.25) is 0 Å². The number of rotatable bonds is 1. The van der Waals surface area contributed by atoms with Crippen LogP contribution in [0, 0.1) is 0 Å².